The minimum atomic E-state index is -0.398. The first kappa shape index (κ1) is 12.5. The molecular weight excluding hydrogens is 298 g/mol. The van der Waals surface area contributed by atoms with Crippen LogP contribution in [-0.2, 0) is 0 Å². The Kier molecular flexibility index (Phi) is 3.57. The number of amides is 1. The Morgan fingerprint density at radius 1 is 1.44 bits per heavy atom. The number of carbonyl (C=O) groups excluding carboxylic acids is 1. The van der Waals surface area contributed by atoms with Gasteiger partial charge >= 0.3 is 0 Å². The van der Waals surface area contributed by atoms with Gasteiger partial charge in [-0.05, 0) is 40.5 Å². The van der Waals surface area contributed by atoms with Gasteiger partial charge in [0, 0.05) is 16.7 Å². The topological polar surface area (TPSA) is 74.8 Å². The van der Waals surface area contributed by atoms with E-state index in [0.717, 1.165) is 10.0 Å². The van der Waals surface area contributed by atoms with E-state index >= 15 is 0 Å². The maximum Gasteiger partial charge on any atom is 0.273 e. The molecule has 0 radical (unpaired) electrons. The van der Waals surface area contributed by atoms with Crippen LogP contribution in [0.5, 0.6) is 0 Å². The molecule has 0 spiro atoms. The summed E-state index contributed by atoms with van der Waals surface area (Å²) in [5.41, 5.74) is 0.714. The third-order valence-electron chi connectivity index (χ3n) is 2.29. The molecule has 0 bridgehead atoms. The number of H-pyrrole nitrogens is 1. The molecule has 0 aliphatic carbocycles. The summed E-state index contributed by atoms with van der Waals surface area (Å²) in [6.07, 6.45) is 1.59. The highest BCUT2D eigenvalue weighted by Crippen LogP contribution is 2.17. The van der Waals surface area contributed by atoms with E-state index in [0.29, 0.717) is 5.82 Å². The number of aryl methyl sites for hydroxylation is 1. The van der Waals surface area contributed by atoms with Gasteiger partial charge in [0.25, 0.3) is 5.91 Å². The molecule has 0 saturated heterocycles. The summed E-state index contributed by atoms with van der Waals surface area (Å²) < 4.78 is 0.839. The first-order valence-electron chi connectivity index (χ1n) is 5.19. The lowest BCUT2D eigenvalue weighted by Gasteiger charge is -2.07. The minimum Gasteiger partial charge on any atom is -0.318 e. The first-order valence-corrected chi connectivity index (χ1v) is 5.98. The summed E-state index contributed by atoms with van der Waals surface area (Å²) >= 11 is 3.29. The predicted octanol–water partition coefficient (Wildman–Crippen LogP) is 2.09. The van der Waals surface area contributed by atoms with Crippen molar-refractivity contribution in [3.05, 3.63) is 56.5 Å². The van der Waals surface area contributed by atoms with Crippen LogP contribution in [0.4, 0.5) is 5.82 Å². The van der Waals surface area contributed by atoms with E-state index in [4.69, 9.17) is 0 Å². The molecule has 18 heavy (non-hydrogen) atoms. The lowest BCUT2D eigenvalue weighted by atomic mass is 10.3. The molecule has 0 aromatic carbocycles. The van der Waals surface area contributed by atoms with Gasteiger partial charge in [0.05, 0.1) is 0 Å². The summed E-state index contributed by atoms with van der Waals surface area (Å²) in [7, 11) is 0. The number of aromatic nitrogens is 2. The van der Waals surface area contributed by atoms with Crippen molar-refractivity contribution in [2.75, 3.05) is 5.32 Å². The van der Waals surface area contributed by atoms with Crippen molar-refractivity contribution < 1.29 is 4.79 Å². The number of anilines is 1. The normalized spacial score (nSPS) is 10.1. The molecule has 92 valence electrons. The van der Waals surface area contributed by atoms with E-state index in [1.54, 1.807) is 6.20 Å². The second kappa shape index (κ2) is 5.14. The zero-order valence-electron chi connectivity index (χ0n) is 9.53. The molecule has 0 aliphatic heterocycles. The number of hydrogen-bond donors (Lipinski definition) is 2. The predicted molar refractivity (Wildman–Crippen MR) is 71.7 cm³/mol. The van der Waals surface area contributed by atoms with Crippen molar-refractivity contribution in [3.63, 3.8) is 0 Å². The van der Waals surface area contributed by atoms with Crippen molar-refractivity contribution in [3.8, 4) is 0 Å². The highest BCUT2D eigenvalue weighted by molar-refractivity contribution is 9.10. The highest BCUT2D eigenvalue weighted by atomic mass is 79.9. The summed E-state index contributed by atoms with van der Waals surface area (Å²) in [6, 6.07) is 6.25. The Morgan fingerprint density at radius 2 is 2.22 bits per heavy atom. The van der Waals surface area contributed by atoms with Crippen LogP contribution in [0.3, 0.4) is 0 Å². The van der Waals surface area contributed by atoms with E-state index in [1.165, 1.54) is 18.2 Å². The number of halogens is 1. The third-order valence-corrected chi connectivity index (χ3v) is 2.72. The number of hydrogen-bond acceptors (Lipinski definition) is 3. The highest BCUT2D eigenvalue weighted by Gasteiger charge is 2.09. The number of nitrogens with zero attached hydrogens (tertiary/aromatic N) is 1. The zero-order chi connectivity index (χ0) is 13.1. The monoisotopic (exact) mass is 307 g/mol. The van der Waals surface area contributed by atoms with Crippen LogP contribution < -0.4 is 10.9 Å². The van der Waals surface area contributed by atoms with E-state index in [-0.39, 0.29) is 11.3 Å². The van der Waals surface area contributed by atoms with Crippen LogP contribution in [0.1, 0.15) is 16.1 Å². The number of rotatable bonds is 2. The third kappa shape index (κ3) is 2.84. The molecule has 5 nitrogen and oxygen atoms in total. The zero-order valence-corrected chi connectivity index (χ0v) is 11.1. The molecule has 1 amide bonds. The average molecular weight is 308 g/mol. The van der Waals surface area contributed by atoms with Crippen LogP contribution in [0.2, 0.25) is 0 Å². The fourth-order valence-corrected chi connectivity index (χ4v) is 1.87. The average Bonchev–Trinajstić information content (AvgIpc) is 2.32. The molecule has 6 heteroatoms. The fourth-order valence-electron chi connectivity index (χ4n) is 1.43. The summed E-state index contributed by atoms with van der Waals surface area (Å²) in [5, 5.41) is 2.64. The molecule has 2 aromatic heterocycles. The maximum absolute atomic E-state index is 11.9. The number of pyridine rings is 2. The summed E-state index contributed by atoms with van der Waals surface area (Å²) in [5.74, 6) is 0.0681. The quantitative estimate of drug-likeness (QED) is 0.892. The lowest BCUT2D eigenvalue weighted by molar-refractivity contribution is 0.102. The number of aromatic amines is 1. The van der Waals surface area contributed by atoms with Crippen molar-refractivity contribution in [1.29, 1.82) is 0 Å². The van der Waals surface area contributed by atoms with Gasteiger partial charge in [-0.1, -0.05) is 6.07 Å². The van der Waals surface area contributed by atoms with Crippen LogP contribution in [0.25, 0.3) is 0 Å². The van der Waals surface area contributed by atoms with Crippen molar-refractivity contribution in [2.24, 2.45) is 0 Å². The molecule has 0 unspecified atom stereocenters. The second-order valence-electron chi connectivity index (χ2n) is 3.70. The van der Waals surface area contributed by atoms with Crippen LogP contribution in [0.15, 0.2) is 39.7 Å². The fraction of sp³-hybridized carbons (Fsp3) is 0.0833. The first-order chi connectivity index (χ1) is 8.56. The largest absolute Gasteiger partial charge is 0.318 e. The van der Waals surface area contributed by atoms with Crippen molar-refractivity contribution in [2.45, 2.75) is 6.92 Å². The van der Waals surface area contributed by atoms with E-state index in [2.05, 4.69) is 31.2 Å². The molecule has 0 aliphatic rings. The molecule has 0 atom stereocenters. The second-order valence-corrected chi connectivity index (χ2v) is 4.62. The van der Waals surface area contributed by atoms with Gasteiger partial charge in [0.1, 0.15) is 11.5 Å². The summed E-state index contributed by atoms with van der Waals surface area (Å²) in [6.45, 7) is 1.83. The van der Waals surface area contributed by atoms with Gasteiger partial charge in [-0.25, -0.2) is 4.98 Å². The van der Waals surface area contributed by atoms with E-state index < -0.39 is 5.91 Å². The SMILES string of the molecule is Cc1cc(Br)cnc1NC(=O)c1cccc(=O)[nH]1. The molecular formula is C12H10BrN3O2. The Balaban J connectivity index is 2.24. The van der Waals surface area contributed by atoms with E-state index in [9.17, 15) is 9.59 Å². The molecule has 2 heterocycles. The van der Waals surface area contributed by atoms with Gasteiger partial charge in [0.2, 0.25) is 5.56 Å². The van der Waals surface area contributed by atoms with Crippen molar-refractivity contribution >= 4 is 27.7 Å². The minimum absolute atomic E-state index is 0.201. The molecule has 2 N–H and O–H groups in total. The number of nitrogens with one attached hydrogen (secondary N) is 2. The maximum atomic E-state index is 11.9. The Labute approximate surface area is 111 Å². The smallest absolute Gasteiger partial charge is 0.273 e. The Morgan fingerprint density at radius 3 is 2.89 bits per heavy atom. The lowest BCUT2D eigenvalue weighted by Crippen LogP contribution is -2.19. The van der Waals surface area contributed by atoms with Gasteiger partial charge in [0.15, 0.2) is 0 Å². The molecule has 0 saturated carbocycles. The van der Waals surface area contributed by atoms with Crippen LogP contribution in [-0.4, -0.2) is 15.9 Å². The van der Waals surface area contributed by atoms with Gasteiger partial charge in [-0.2, -0.15) is 0 Å². The van der Waals surface area contributed by atoms with Gasteiger partial charge in [-0.15, -0.1) is 0 Å². The molecule has 2 rings (SSSR count). The molecule has 0 fully saturated rings. The Hall–Kier alpha value is -1.95. The van der Waals surface area contributed by atoms with Gasteiger partial charge < -0.3 is 10.3 Å². The van der Waals surface area contributed by atoms with Crippen LogP contribution >= 0.6 is 15.9 Å². The molecule has 2 aromatic rings. The van der Waals surface area contributed by atoms with Gasteiger partial charge in [-0.3, -0.25) is 9.59 Å². The van der Waals surface area contributed by atoms with Crippen LogP contribution in [0, 0.1) is 6.92 Å². The number of carbonyl (C=O) groups is 1. The van der Waals surface area contributed by atoms with Crippen molar-refractivity contribution in [1.82, 2.24) is 9.97 Å². The summed E-state index contributed by atoms with van der Waals surface area (Å²) in [4.78, 5) is 29.5. The Bertz CT molecular complexity index is 652. The standard InChI is InChI=1S/C12H10BrN3O2/c1-7-5-8(13)6-14-11(7)16-12(18)9-3-2-4-10(17)15-9/h2-6H,1H3,(H,15,17)(H,14,16,18). The van der Waals surface area contributed by atoms with E-state index in [1.807, 2.05) is 13.0 Å².